The summed E-state index contributed by atoms with van der Waals surface area (Å²) < 4.78 is 7.89. The highest BCUT2D eigenvalue weighted by Gasteiger charge is 2.30. The van der Waals surface area contributed by atoms with Crippen LogP contribution in [0.15, 0.2) is 36.5 Å². The molecule has 3 aromatic heterocycles. The Bertz CT molecular complexity index is 1220. The number of nitrogens with one attached hydrogen (secondary N) is 1. The van der Waals surface area contributed by atoms with E-state index >= 15 is 0 Å². The highest BCUT2D eigenvalue weighted by atomic mass is 28.3. The molecule has 10 heteroatoms. The number of nitrogens with zero attached hydrogens (tertiary/aromatic N) is 4. The summed E-state index contributed by atoms with van der Waals surface area (Å²) in [5, 5.41) is 13.1. The van der Waals surface area contributed by atoms with Crippen LogP contribution in [0.5, 0.6) is 0 Å². The van der Waals surface area contributed by atoms with E-state index < -0.39 is 14.2 Å². The second-order valence-electron chi connectivity index (χ2n) is 9.91. The fraction of sp³-hybridized carbons (Fsp3) is 0.417. The minimum absolute atomic E-state index is 0.00245. The van der Waals surface area contributed by atoms with Crippen LogP contribution in [0.3, 0.4) is 0 Å². The number of fused-ring (bicyclic) bond motifs is 1. The van der Waals surface area contributed by atoms with Crippen LogP contribution in [-0.4, -0.2) is 53.4 Å². The Hall–Kier alpha value is -3.24. The van der Waals surface area contributed by atoms with E-state index in [4.69, 9.17) is 9.72 Å². The van der Waals surface area contributed by atoms with E-state index in [1.807, 2.05) is 22.9 Å². The lowest BCUT2D eigenvalue weighted by Crippen LogP contribution is -2.24. The van der Waals surface area contributed by atoms with Gasteiger partial charge in [0.05, 0.1) is 5.69 Å². The molecule has 0 bridgehead atoms. The molecule has 2 amide bonds. The fourth-order valence-corrected chi connectivity index (χ4v) is 4.27. The lowest BCUT2D eigenvalue weighted by Gasteiger charge is -2.15. The molecule has 9 nitrogen and oxygen atoms in total. The van der Waals surface area contributed by atoms with Gasteiger partial charge in [0.1, 0.15) is 24.0 Å². The van der Waals surface area contributed by atoms with E-state index in [2.05, 4.69) is 29.9 Å². The maximum Gasteiger partial charge on any atom is 0.412 e. The highest BCUT2D eigenvalue weighted by molar-refractivity contribution is 6.76. The lowest BCUT2D eigenvalue weighted by molar-refractivity contribution is -0.117. The number of hydrogen-bond acceptors (Lipinski definition) is 5. The van der Waals surface area contributed by atoms with Gasteiger partial charge in [0.15, 0.2) is 0 Å². The molecule has 1 fully saturated rings. The zero-order chi connectivity index (χ0) is 24.5. The molecule has 1 aliphatic rings. The maximum absolute atomic E-state index is 12.2. The van der Waals surface area contributed by atoms with Crippen LogP contribution in [-0.2, 0) is 16.3 Å². The second kappa shape index (κ2) is 9.55. The Morgan fingerprint density at radius 2 is 1.97 bits per heavy atom. The normalized spacial score (nSPS) is 13.8. The predicted molar refractivity (Wildman–Crippen MR) is 135 cm³/mol. The predicted octanol–water partition coefficient (Wildman–Crippen LogP) is 4.87. The molecule has 3 heterocycles. The number of amides is 2. The molecule has 0 spiro atoms. The van der Waals surface area contributed by atoms with Gasteiger partial charge in [-0.15, -0.1) is 0 Å². The number of aromatic nitrogens is 3. The molecule has 0 unspecified atom stereocenters. The standard InChI is InChI=1S/C24H31N5O4Si/c1-28(24(31)32)21-7-5-6-19(25-21)18-14-29(15-33-12-13-34(2,3)4)22-17(18)10-11-20(26-22)27-23(30)16-8-9-16/h5-7,10-11,14,16H,8-9,12-13,15H2,1-4H3,(H,31,32)(H,26,27,30). The van der Waals surface area contributed by atoms with Crippen molar-refractivity contribution in [1.82, 2.24) is 14.5 Å². The van der Waals surface area contributed by atoms with Crippen molar-refractivity contribution in [2.45, 2.75) is 45.3 Å². The third-order valence-corrected chi connectivity index (χ3v) is 7.49. The third-order valence-electron chi connectivity index (χ3n) is 5.79. The van der Waals surface area contributed by atoms with Crippen LogP contribution in [0.2, 0.25) is 25.7 Å². The first-order chi connectivity index (χ1) is 16.1. The first-order valence-corrected chi connectivity index (χ1v) is 15.2. The molecule has 0 aliphatic heterocycles. The molecule has 180 valence electrons. The van der Waals surface area contributed by atoms with Gasteiger partial charge in [-0.2, -0.15) is 0 Å². The minimum Gasteiger partial charge on any atom is -0.465 e. The summed E-state index contributed by atoms with van der Waals surface area (Å²) in [5.74, 6) is 0.925. The number of rotatable bonds is 9. The van der Waals surface area contributed by atoms with E-state index in [0.717, 1.165) is 34.7 Å². The average molecular weight is 482 g/mol. The van der Waals surface area contributed by atoms with Crippen molar-refractivity contribution in [3.05, 3.63) is 36.5 Å². The molecule has 3 aromatic rings. The van der Waals surface area contributed by atoms with Crippen molar-refractivity contribution in [3.8, 4) is 11.3 Å². The Balaban J connectivity index is 1.68. The van der Waals surface area contributed by atoms with Gasteiger partial charge < -0.3 is 19.7 Å². The quantitative estimate of drug-likeness (QED) is 0.333. The zero-order valence-electron chi connectivity index (χ0n) is 20.0. The van der Waals surface area contributed by atoms with Crippen molar-refractivity contribution >= 4 is 42.7 Å². The van der Waals surface area contributed by atoms with Gasteiger partial charge in [-0.1, -0.05) is 25.7 Å². The van der Waals surface area contributed by atoms with Crippen molar-refractivity contribution < 1.29 is 19.4 Å². The number of carbonyl (C=O) groups excluding carboxylic acids is 1. The molecule has 34 heavy (non-hydrogen) atoms. The summed E-state index contributed by atoms with van der Waals surface area (Å²) in [6, 6.07) is 10.0. The molecule has 0 radical (unpaired) electrons. The van der Waals surface area contributed by atoms with Gasteiger partial charge >= 0.3 is 6.09 Å². The molecule has 1 saturated carbocycles. The largest absolute Gasteiger partial charge is 0.465 e. The second-order valence-corrected chi connectivity index (χ2v) is 15.5. The van der Waals surface area contributed by atoms with E-state index in [-0.39, 0.29) is 11.8 Å². The summed E-state index contributed by atoms with van der Waals surface area (Å²) in [6.07, 6.45) is 2.69. The monoisotopic (exact) mass is 481 g/mol. The number of hydrogen-bond donors (Lipinski definition) is 2. The SMILES string of the molecule is CN(C(=O)O)c1cccc(-c2cn(COCC[Si](C)(C)C)c3nc(NC(=O)C4CC4)ccc23)n1. The Kier molecular flexibility index (Phi) is 6.71. The first kappa shape index (κ1) is 23.9. The Morgan fingerprint density at radius 1 is 1.21 bits per heavy atom. The van der Waals surface area contributed by atoms with Crippen molar-refractivity contribution in [2.75, 3.05) is 23.9 Å². The fourth-order valence-electron chi connectivity index (χ4n) is 3.51. The maximum atomic E-state index is 12.2. The topological polar surface area (TPSA) is 110 Å². The zero-order valence-corrected chi connectivity index (χ0v) is 21.0. The lowest BCUT2D eigenvalue weighted by atomic mass is 10.1. The van der Waals surface area contributed by atoms with Crippen LogP contribution in [0.25, 0.3) is 22.3 Å². The highest BCUT2D eigenvalue weighted by Crippen LogP contribution is 2.32. The summed E-state index contributed by atoms with van der Waals surface area (Å²) in [5.41, 5.74) is 2.13. The van der Waals surface area contributed by atoms with Crippen LogP contribution in [0, 0.1) is 5.92 Å². The number of pyridine rings is 2. The van der Waals surface area contributed by atoms with Gasteiger partial charge in [-0.05, 0) is 43.2 Å². The number of carbonyl (C=O) groups is 2. The minimum atomic E-state index is -1.22. The summed E-state index contributed by atoms with van der Waals surface area (Å²) in [4.78, 5) is 34.0. The van der Waals surface area contributed by atoms with Crippen LogP contribution >= 0.6 is 0 Å². The van der Waals surface area contributed by atoms with Crippen LogP contribution in [0.1, 0.15) is 12.8 Å². The van der Waals surface area contributed by atoms with E-state index in [0.29, 0.717) is 36.3 Å². The van der Waals surface area contributed by atoms with Crippen molar-refractivity contribution in [2.24, 2.45) is 5.92 Å². The molecule has 0 aromatic carbocycles. The van der Waals surface area contributed by atoms with E-state index in [1.54, 1.807) is 18.2 Å². The third kappa shape index (κ3) is 5.63. The summed E-state index contributed by atoms with van der Waals surface area (Å²) in [6.45, 7) is 7.91. The molecule has 0 atom stereocenters. The van der Waals surface area contributed by atoms with Gasteiger partial charge in [0.2, 0.25) is 5.91 Å². The van der Waals surface area contributed by atoms with Crippen molar-refractivity contribution in [1.29, 1.82) is 0 Å². The Labute approximate surface area is 199 Å². The number of ether oxygens (including phenoxy) is 1. The number of anilines is 2. The van der Waals surface area contributed by atoms with Gasteiger partial charge in [0, 0.05) is 44.8 Å². The van der Waals surface area contributed by atoms with Crippen molar-refractivity contribution in [3.63, 3.8) is 0 Å². The first-order valence-electron chi connectivity index (χ1n) is 11.4. The average Bonchev–Trinajstić information content (AvgIpc) is 3.58. The van der Waals surface area contributed by atoms with Gasteiger partial charge in [0.25, 0.3) is 0 Å². The molecular formula is C24H31N5O4Si. The molecule has 0 saturated heterocycles. The van der Waals surface area contributed by atoms with Gasteiger partial charge in [-0.25, -0.2) is 14.8 Å². The number of carboxylic acid groups (broad SMARTS) is 1. The molecule has 4 rings (SSSR count). The summed E-state index contributed by atoms with van der Waals surface area (Å²) >= 11 is 0. The molecule has 2 N–H and O–H groups in total. The van der Waals surface area contributed by atoms with E-state index in [1.165, 1.54) is 7.05 Å². The van der Waals surface area contributed by atoms with Crippen LogP contribution in [0.4, 0.5) is 16.4 Å². The van der Waals surface area contributed by atoms with Gasteiger partial charge in [-0.3, -0.25) is 9.69 Å². The Morgan fingerprint density at radius 3 is 2.65 bits per heavy atom. The van der Waals surface area contributed by atoms with E-state index in [9.17, 15) is 14.7 Å². The smallest absolute Gasteiger partial charge is 0.412 e. The molecule has 1 aliphatic carbocycles. The molecular weight excluding hydrogens is 450 g/mol. The van der Waals surface area contributed by atoms with Crippen LogP contribution < -0.4 is 10.2 Å². The summed E-state index contributed by atoms with van der Waals surface area (Å²) in [7, 11) is 0.244.